The number of hydrogen-bond donors (Lipinski definition) is 3. The fraction of sp³-hybridized carbons (Fsp3) is 0.933. The molecule has 4 heteroatoms. The molecule has 1 rings (SSSR count). The molecule has 112 valence electrons. The van der Waals surface area contributed by atoms with Crippen LogP contribution in [0.15, 0.2) is 5.16 Å². The first-order chi connectivity index (χ1) is 8.97. The Morgan fingerprint density at radius 3 is 2.58 bits per heavy atom. The Hall–Kier alpha value is -0.770. The Morgan fingerprint density at radius 2 is 2.00 bits per heavy atom. The Bertz CT molecular complexity index is 283. The molecule has 0 bridgehead atoms. The molecule has 19 heavy (non-hydrogen) atoms. The fourth-order valence-electron chi connectivity index (χ4n) is 2.92. The zero-order chi connectivity index (χ0) is 14.3. The van der Waals surface area contributed by atoms with E-state index in [4.69, 9.17) is 10.9 Å². The first-order valence-electron chi connectivity index (χ1n) is 7.69. The number of amidine groups is 1. The SMILES string of the molecule is C[C@@H](NCCCC(C)(C)C(N)=NO)C1CCCCC1. The van der Waals surface area contributed by atoms with E-state index in [1.165, 1.54) is 32.1 Å². The Balaban J connectivity index is 2.19. The van der Waals surface area contributed by atoms with E-state index in [0.29, 0.717) is 11.9 Å². The number of nitrogens with two attached hydrogens (primary N) is 1. The van der Waals surface area contributed by atoms with Crippen molar-refractivity contribution in [2.75, 3.05) is 6.54 Å². The number of nitrogens with one attached hydrogen (secondary N) is 1. The van der Waals surface area contributed by atoms with Crippen LogP contribution >= 0.6 is 0 Å². The second-order valence-electron chi connectivity index (χ2n) is 6.61. The molecule has 0 amide bonds. The molecule has 1 aliphatic carbocycles. The third-order valence-corrected chi connectivity index (χ3v) is 4.60. The van der Waals surface area contributed by atoms with Gasteiger partial charge in [-0.15, -0.1) is 0 Å². The van der Waals surface area contributed by atoms with Gasteiger partial charge in [0, 0.05) is 11.5 Å². The second-order valence-corrected chi connectivity index (χ2v) is 6.61. The molecule has 1 fully saturated rings. The van der Waals surface area contributed by atoms with E-state index in [1.807, 2.05) is 13.8 Å². The first-order valence-corrected chi connectivity index (χ1v) is 7.69. The highest BCUT2D eigenvalue weighted by atomic mass is 16.4. The largest absolute Gasteiger partial charge is 0.409 e. The summed E-state index contributed by atoms with van der Waals surface area (Å²) in [4.78, 5) is 0. The summed E-state index contributed by atoms with van der Waals surface area (Å²) in [5, 5.41) is 15.5. The summed E-state index contributed by atoms with van der Waals surface area (Å²) in [6.45, 7) is 7.36. The van der Waals surface area contributed by atoms with E-state index in [-0.39, 0.29) is 5.41 Å². The van der Waals surface area contributed by atoms with Crippen LogP contribution in [0.1, 0.15) is 65.7 Å². The van der Waals surface area contributed by atoms with Gasteiger partial charge in [-0.05, 0) is 45.1 Å². The molecule has 0 aromatic heterocycles. The zero-order valence-electron chi connectivity index (χ0n) is 12.8. The molecule has 1 aliphatic rings. The zero-order valence-corrected chi connectivity index (χ0v) is 12.8. The van der Waals surface area contributed by atoms with Crippen LogP contribution in [0.5, 0.6) is 0 Å². The maximum absolute atomic E-state index is 8.73. The van der Waals surface area contributed by atoms with Gasteiger partial charge < -0.3 is 16.3 Å². The standard InChI is InChI=1S/C15H31N3O/c1-12(13-8-5-4-6-9-13)17-11-7-10-15(2,3)14(16)18-19/h12-13,17,19H,4-11H2,1-3H3,(H2,16,18)/t12-/m1/s1. The minimum absolute atomic E-state index is 0.218. The Kier molecular flexibility index (Phi) is 6.63. The summed E-state index contributed by atoms with van der Waals surface area (Å²) in [7, 11) is 0. The lowest BCUT2D eigenvalue weighted by Gasteiger charge is -2.29. The van der Waals surface area contributed by atoms with Crippen LogP contribution < -0.4 is 11.1 Å². The van der Waals surface area contributed by atoms with Gasteiger partial charge in [0.1, 0.15) is 5.84 Å². The van der Waals surface area contributed by atoms with Crippen LogP contribution in [0.4, 0.5) is 0 Å². The first kappa shape index (κ1) is 16.3. The van der Waals surface area contributed by atoms with E-state index in [9.17, 15) is 0 Å². The van der Waals surface area contributed by atoms with Crippen LogP contribution in [0.25, 0.3) is 0 Å². The summed E-state index contributed by atoms with van der Waals surface area (Å²) in [5.41, 5.74) is 5.47. The molecule has 0 heterocycles. The van der Waals surface area contributed by atoms with Crippen molar-refractivity contribution in [3.05, 3.63) is 0 Å². The van der Waals surface area contributed by atoms with Crippen LogP contribution in [0.2, 0.25) is 0 Å². The van der Waals surface area contributed by atoms with E-state index in [0.717, 1.165) is 25.3 Å². The quantitative estimate of drug-likeness (QED) is 0.219. The van der Waals surface area contributed by atoms with Gasteiger partial charge in [0.05, 0.1) is 0 Å². The van der Waals surface area contributed by atoms with Crippen molar-refractivity contribution in [3.63, 3.8) is 0 Å². The highest BCUT2D eigenvalue weighted by Gasteiger charge is 2.23. The molecule has 0 saturated heterocycles. The van der Waals surface area contributed by atoms with Crippen molar-refractivity contribution in [2.45, 2.75) is 71.8 Å². The predicted octanol–water partition coefficient (Wildman–Crippen LogP) is 3.10. The molecule has 4 nitrogen and oxygen atoms in total. The lowest BCUT2D eigenvalue weighted by molar-refractivity contribution is 0.277. The van der Waals surface area contributed by atoms with Crippen molar-refractivity contribution >= 4 is 5.84 Å². The molecular weight excluding hydrogens is 238 g/mol. The maximum Gasteiger partial charge on any atom is 0.144 e. The molecule has 0 aromatic rings. The highest BCUT2D eigenvalue weighted by Crippen LogP contribution is 2.26. The molecule has 1 saturated carbocycles. The molecule has 0 radical (unpaired) electrons. The van der Waals surface area contributed by atoms with E-state index in [2.05, 4.69) is 17.4 Å². The number of nitrogens with zero attached hydrogens (tertiary/aromatic N) is 1. The van der Waals surface area contributed by atoms with Gasteiger partial charge in [0.15, 0.2) is 0 Å². The smallest absolute Gasteiger partial charge is 0.144 e. The highest BCUT2D eigenvalue weighted by molar-refractivity contribution is 5.85. The predicted molar refractivity (Wildman–Crippen MR) is 80.5 cm³/mol. The van der Waals surface area contributed by atoms with Gasteiger partial charge in [0.25, 0.3) is 0 Å². The summed E-state index contributed by atoms with van der Waals surface area (Å²) in [6.07, 6.45) is 8.96. The second kappa shape index (κ2) is 7.73. The average molecular weight is 269 g/mol. The van der Waals surface area contributed by atoms with Crippen LogP contribution in [-0.4, -0.2) is 23.6 Å². The minimum Gasteiger partial charge on any atom is -0.409 e. The molecule has 1 atom stereocenters. The van der Waals surface area contributed by atoms with Gasteiger partial charge in [-0.1, -0.05) is 38.3 Å². The van der Waals surface area contributed by atoms with Gasteiger partial charge in [-0.3, -0.25) is 0 Å². The topological polar surface area (TPSA) is 70.6 Å². The number of rotatable bonds is 7. The third kappa shape index (κ3) is 5.39. The van der Waals surface area contributed by atoms with E-state index in [1.54, 1.807) is 0 Å². The molecule has 0 spiro atoms. The monoisotopic (exact) mass is 269 g/mol. The van der Waals surface area contributed by atoms with Crippen LogP contribution in [0.3, 0.4) is 0 Å². The maximum atomic E-state index is 8.73. The summed E-state index contributed by atoms with van der Waals surface area (Å²) >= 11 is 0. The fourth-order valence-corrected chi connectivity index (χ4v) is 2.92. The minimum atomic E-state index is -0.218. The van der Waals surface area contributed by atoms with Crippen molar-refractivity contribution in [1.82, 2.24) is 5.32 Å². The van der Waals surface area contributed by atoms with Gasteiger partial charge >= 0.3 is 0 Å². The van der Waals surface area contributed by atoms with E-state index >= 15 is 0 Å². The summed E-state index contributed by atoms with van der Waals surface area (Å²) < 4.78 is 0. The third-order valence-electron chi connectivity index (χ3n) is 4.60. The van der Waals surface area contributed by atoms with Gasteiger partial charge in [-0.2, -0.15) is 0 Å². The molecule has 0 unspecified atom stereocenters. The van der Waals surface area contributed by atoms with Crippen LogP contribution in [-0.2, 0) is 0 Å². The van der Waals surface area contributed by atoms with Gasteiger partial charge in [-0.25, -0.2) is 0 Å². The average Bonchev–Trinajstić information content (AvgIpc) is 2.43. The summed E-state index contributed by atoms with van der Waals surface area (Å²) in [5.74, 6) is 1.18. The van der Waals surface area contributed by atoms with Crippen LogP contribution in [0, 0.1) is 11.3 Å². The molecular formula is C15H31N3O. The normalized spacial score (nSPS) is 20.5. The Labute approximate surface area is 117 Å². The lowest BCUT2D eigenvalue weighted by atomic mass is 9.84. The van der Waals surface area contributed by atoms with Crippen molar-refractivity contribution in [1.29, 1.82) is 0 Å². The van der Waals surface area contributed by atoms with E-state index < -0.39 is 0 Å². The van der Waals surface area contributed by atoms with Crippen molar-refractivity contribution in [2.24, 2.45) is 22.2 Å². The lowest BCUT2D eigenvalue weighted by Crippen LogP contribution is -2.36. The van der Waals surface area contributed by atoms with Gasteiger partial charge in [0.2, 0.25) is 0 Å². The number of oxime groups is 1. The Morgan fingerprint density at radius 1 is 1.37 bits per heavy atom. The molecule has 4 N–H and O–H groups in total. The van der Waals surface area contributed by atoms with Crippen molar-refractivity contribution in [3.8, 4) is 0 Å². The molecule has 0 aliphatic heterocycles. The number of hydrogen-bond acceptors (Lipinski definition) is 3. The van der Waals surface area contributed by atoms with Crippen molar-refractivity contribution < 1.29 is 5.21 Å². The summed E-state index contributed by atoms with van der Waals surface area (Å²) in [6, 6.07) is 0.618. The molecule has 0 aromatic carbocycles.